The summed E-state index contributed by atoms with van der Waals surface area (Å²) in [5.41, 5.74) is 11.4. The van der Waals surface area contributed by atoms with E-state index in [0.717, 1.165) is 60.5 Å². The highest BCUT2D eigenvalue weighted by Crippen LogP contribution is 2.47. The van der Waals surface area contributed by atoms with Crippen molar-refractivity contribution < 1.29 is 4.42 Å². The van der Waals surface area contributed by atoms with Crippen molar-refractivity contribution in [2.24, 2.45) is 0 Å². The average molecular weight is 834 g/mol. The summed E-state index contributed by atoms with van der Waals surface area (Å²) in [5, 5.41) is 9.25. The lowest BCUT2D eigenvalue weighted by atomic mass is 9.94. The number of rotatable bonds is 6. The number of aromatic nitrogens is 3. The van der Waals surface area contributed by atoms with Crippen LogP contribution in [-0.4, -0.2) is 15.0 Å². The Hall–Kier alpha value is -8.25. The molecule has 4 nitrogen and oxygen atoms in total. The molecule has 5 heteroatoms. The van der Waals surface area contributed by atoms with Crippen molar-refractivity contribution in [2.45, 2.75) is 0 Å². The van der Waals surface area contributed by atoms with Gasteiger partial charge in [-0.15, -0.1) is 11.3 Å². The second kappa shape index (κ2) is 14.7. The number of hydrogen-bond acceptors (Lipinski definition) is 5. The van der Waals surface area contributed by atoms with Gasteiger partial charge in [-0.2, -0.15) is 0 Å². The maximum absolute atomic E-state index is 6.85. The summed E-state index contributed by atoms with van der Waals surface area (Å²) in [5.74, 6) is 1.82. The van der Waals surface area contributed by atoms with E-state index in [4.69, 9.17) is 19.4 Å². The highest BCUT2D eigenvalue weighted by Gasteiger charge is 2.22. The van der Waals surface area contributed by atoms with E-state index in [-0.39, 0.29) is 0 Å². The Labute approximate surface area is 372 Å². The minimum Gasteiger partial charge on any atom is -0.455 e. The van der Waals surface area contributed by atoms with Gasteiger partial charge in [0, 0.05) is 58.8 Å². The van der Waals surface area contributed by atoms with Crippen LogP contribution in [0.15, 0.2) is 217 Å². The number of nitrogens with zero attached hydrogens (tertiary/aromatic N) is 3. The molecule has 13 aromatic rings. The molecule has 0 aliphatic carbocycles. The van der Waals surface area contributed by atoms with Gasteiger partial charge in [-0.05, 0) is 74.1 Å². The van der Waals surface area contributed by atoms with Crippen LogP contribution >= 0.6 is 11.3 Å². The molecule has 13 rings (SSSR count). The van der Waals surface area contributed by atoms with E-state index in [9.17, 15) is 0 Å². The summed E-state index contributed by atoms with van der Waals surface area (Å²) < 4.78 is 9.29. The SMILES string of the molecule is c1ccc(-c2cccc(-c3cc4ccccc4c4c3sc3cc(-c5nc(-c6ccccc6)nc(-c6cccc7oc8c(-c9ccccc9)c9ccccc9cc8c67)n5)ccc34)c2)cc1. The average Bonchev–Trinajstić information content (AvgIpc) is 3.95. The standard InChI is InChI=1S/C59H35N3OS/c1-4-16-36(17-5-1)39-24-14-25-40(32-39)48-33-41-22-11-13-27-45(41)54-46-31-30-43(35-51(46)64-56(48)54)58-60-57(38-20-8-3-9-21-38)61-59(62-58)47-28-15-29-50-53(47)49-34-42-23-10-12-26-44(42)52(55(49)63-50)37-18-6-2-7-19-37/h1-35H. The van der Waals surface area contributed by atoms with Crippen LogP contribution in [0.1, 0.15) is 0 Å². The Morgan fingerprint density at radius 1 is 0.344 bits per heavy atom. The maximum Gasteiger partial charge on any atom is 0.164 e. The van der Waals surface area contributed by atoms with Crippen molar-refractivity contribution >= 4 is 75.0 Å². The van der Waals surface area contributed by atoms with E-state index in [2.05, 4.69) is 182 Å². The van der Waals surface area contributed by atoms with Crippen LogP contribution < -0.4 is 0 Å². The smallest absolute Gasteiger partial charge is 0.164 e. The Morgan fingerprint density at radius 3 is 1.73 bits per heavy atom. The molecule has 0 saturated carbocycles. The highest BCUT2D eigenvalue weighted by molar-refractivity contribution is 7.26. The molecule has 0 bridgehead atoms. The lowest BCUT2D eigenvalue weighted by Crippen LogP contribution is -2.00. The molecule has 0 unspecified atom stereocenters. The van der Waals surface area contributed by atoms with E-state index in [1.807, 2.05) is 41.7 Å². The van der Waals surface area contributed by atoms with Gasteiger partial charge in [-0.1, -0.05) is 182 Å². The second-order valence-electron chi connectivity index (χ2n) is 16.3. The predicted octanol–water partition coefficient (Wildman–Crippen LogP) is 16.4. The largest absolute Gasteiger partial charge is 0.455 e. The van der Waals surface area contributed by atoms with Crippen molar-refractivity contribution in [3.05, 3.63) is 212 Å². The first kappa shape index (κ1) is 36.4. The molecule has 0 atom stereocenters. The molecule has 0 saturated heterocycles. The van der Waals surface area contributed by atoms with Crippen molar-refractivity contribution in [1.29, 1.82) is 0 Å². The van der Waals surface area contributed by atoms with Crippen LogP contribution in [0.4, 0.5) is 0 Å². The number of thiophene rings is 1. The van der Waals surface area contributed by atoms with E-state index < -0.39 is 0 Å². The minimum absolute atomic E-state index is 0.592. The molecular weight excluding hydrogens is 799 g/mol. The van der Waals surface area contributed by atoms with Gasteiger partial charge in [0.05, 0.1) is 0 Å². The summed E-state index contributed by atoms with van der Waals surface area (Å²) in [7, 11) is 0. The Bertz CT molecular complexity index is 3950. The van der Waals surface area contributed by atoms with Crippen LogP contribution in [0.5, 0.6) is 0 Å². The number of fused-ring (bicyclic) bond motifs is 9. The number of hydrogen-bond donors (Lipinski definition) is 0. The first-order chi connectivity index (χ1) is 31.7. The van der Waals surface area contributed by atoms with Gasteiger partial charge in [-0.3, -0.25) is 0 Å². The van der Waals surface area contributed by atoms with E-state index in [1.165, 1.54) is 53.2 Å². The maximum atomic E-state index is 6.85. The summed E-state index contributed by atoms with van der Waals surface area (Å²) in [6.45, 7) is 0. The van der Waals surface area contributed by atoms with Crippen molar-refractivity contribution in [3.63, 3.8) is 0 Å². The van der Waals surface area contributed by atoms with Crippen LogP contribution in [-0.2, 0) is 0 Å². The third-order valence-corrected chi connectivity index (χ3v) is 13.7. The number of benzene rings is 10. The zero-order chi connectivity index (χ0) is 42.1. The van der Waals surface area contributed by atoms with E-state index in [0.29, 0.717) is 17.5 Å². The van der Waals surface area contributed by atoms with Crippen LogP contribution in [0.2, 0.25) is 0 Å². The lowest BCUT2D eigenvalue weighted by molar-refractivity contribution is 0.670. The van der Waals surface area contributed by atoms with E-state index >= 15 is 0 Å². The third kappa shape index (κ3) is 5.93. The minimum atomic E-state index is 0.592. The normalized spacial score (nSPS) is 11.8. The molecule has 10 aromatic carbocycles. The Balaban J connectivity index is 1.02. The fourth-order valence-corrected chi connectivity index (χ4v) is 10.8. The fourth-order valence-electron chi connectivity index (χ4n) is 9.52. The van der Waals surface area contributed by atoms with Gasteiger partial charge < -0.3 is 4.42 Å². The highest BCUT2D eigenvalue weighted by atomic mass is 32.1. The van der Waals surface area contributed by atoms with Gasteiger partial charge >= 0.3 is 0 Å². The molecule has 0 fully saturated rings. The van der Waals surface area contributed by atoms with Crippen LogP contribution in [0, 0.1) is 0 Å². The molecule has 3 aromatic heterocycles. The summed E-state index contributed by atoms with van der Waals surface area (Å²) in [6.07, 6.45) is 0. The molecule has 0 aliphatic rings. The van der Waals surface area contributed by atoms with Crippen LogP contribution in [0.3, 0.4) is 0 Å². The molecule has 0 amide bonds. The molecule has 0 aliphatic heterocycles. The third-order valence-electron chi connectivity index (χ3n) is 12.5. The van der Waals surface area contributed by atoms with Gasteiger partial charge in [0.2, 0.25) is 0 Å². The van der Waals surface area contributed by atoms with Gasteiger partial charge in [0.15, 0.2) is 17.5 Å². The fraction of sp³-hybridized carbons (Fsp3) is 0. The molecule has 298 valence electrons. The second-order valence-corrected chi connectivity index (χ2v) is 17.3. The Kier molecular flexibility index (Phi) is 8.36. The quantitative estimate of drug-likeness (QED) is 0.167. The zero-order valence-corrected chi connectivity index (χ0v) is 35.2. The van der Waals surface area contributed by atoms with Gasteiger partial charge in [0.1, 0.15) is 11.2 Å². The summed E-state index contributed by atoms with van der Waals surface area (Å²) in [4.78, 5) is 15.8. The number of furan rings is 1. The topological polar surface area (TPSA) is 51.8 Å². The molecule has 0 radical (unpaired) electrons. The molecule has 0 N–H and O–H groups in total. The monoisotopic (exact) mass is 833 g/mol. The zero-order valence-electron chi connectivity index (χ0n) is 34.4. The van der Waals surface area contributed by atoms with Crippen LogP contribution in [0.25, 0.3) is 131 Å². The first-order valence-corrected chi connectivity index (χ1v) is 22.3. The Morgan fingerprint density at radius 2 is 0.953 bits per heavy atom. The first-order valence-electron chi connectivity index (χ1n) is 21.5. The molecule has 64 heavy (non-hydrogen) atoms. The predicted molar refractivity (Wildman–Crippen MR) is 268 cm³/mol. The summed E-state index contributed by atoms with van der Waals surface area (Å²) in [6, 6.07) is 75.0. The molecule has 0 spiro atoms. The lowest BCUT2D eigenvalue weighted by Gasteiger charge is -2.10. The van der Waals surface area contributed by atoms with Crippen molar-refractivity contribution in [2.75, 3.05) is 0 Å². The molecular formula is C59H35N3OS. The van der Waals surface area contributed by atoms with E-state index in [1.54, 1.807) is 0 Å². The van der Waals surface area contributed by atoms with Gasteiger partial charge in [-0.25, -0.2) is 15.0 Å². The summed E-state index contributed by atoms with van der Waals surface area (Å²) >= 11 is 1.83. The van der Waals surface area contributed by atoms with Gasteiger partial charge in [0.25, 0.3) is 0 Å². The van der Waals surface area contributed by atoms with Crippen molar-refractivity contribution in [1.82, 2.24) is 15.0 Å². The van der Waals surface area contributed by atoms with Crippen molar-refractivity contribution in [3.8, 4) is 67.5 Å². The molecule has 3 heterocycles.